The Bertz CT molecular complexity index is 891. The first kappa shape index (κ1) is 16.2. The number of nitrogens with zero attached hydrogens (tertiary/aromatic N) is 4. The van der Waals surface area contributed by atoms with Crippen molar-refractivity contribution in [2.45, 2.75) is 12.5 Å². The number of ether oxygens (including phenoxy) is 1. The Balaban J connectivity index is 1.48. The molecule has 1 aliphatic rings. The third-order valence-corrected chi connectivity index (χ3v) is 4.59. The van der Waals surface area contributed by atoms with Crippen LogP contribution in [0.3, 0.4) is 0 Å². The van der Waals surface area contributed by atoms with E-state index in [1.807, 2.05) is 16.8 Å². The number of carbonyl (C=O) groups excluding carboxylic acids is 2. The topological polar surface area (TPSA) is 111 Å². The first-order chi connectivity index (χ1) is 12.7. The monoisotopic (exact) mass is 370 g/mol. The lowest BCUT2D eigenvalue weighted by atomic mass is 10.1. The molecule has 1 aliphatic heterocycles. The molecule has 132 valence electrons. The van der Waals surface area contributed by atoms with Crippen LogP contribution in [-0.2, 0) is 9.59 Å². The standard InChI is InChI=1S/C16H14N6O3S/c23-15(6-13(10-3-4-26-8-10)22-9-17-20-21-22)18-11-1-2-12-14(5-11)25-7-16(24)19-12/h1-5,8-9,13H,6-7H2,(H,18,23)(H,19,24). The van der Waals surface area contributed by atoms with Crippen molar-refractivity contribution >= 4 is 34.5 Å². The number of nitrogens with one attached hydrogen (secondary N) is 2. The summed E-state index contributed by atoms with van der Waals surface area (Å²) in [6.45, 7) is -0.0378. The molecule has 0 saturated carbocycles. The molecule has 0 bridgehead atoms. The first-order valence-electron chi connectivity index (χ1n) is 7.80. The smallest absolute Gasteiger partial charge is 0.262 e. The Kier molecular flexibility index (Phi) is 4.32. The summed E-state index contributed by atoms with van der Waals surface area (Å²) in [7, 11) is 0. The van der Waals surface area contributed by atoms with Crippen molar-refractivity contribution in [3.05, 3.63) is 46.9 Å². The zero-order chi connectivity index (χ0) is 17.9. The molecule has 3 aromatic rings. The van der Waals surface area contributed by atoms with Crippen LogP contribution in [0.15, 0.2) is 41.4 Å². The largest absolute Gasteiger partial charge is 0.482 e. The number of rotatable bonds is 5. The van der Waals surface area contributed by atoms with Gasteiger partial charge in [-0.3, -0.25) is 9.59 Å². The van der Waals surface area contributed by atoms with Crippen molar-refractivity contribution in [1.82, 2.24) is 20.2 Å². The van der Waals surface area contributed by atoms with E-state index in [2.05, 4.69) is 26.2 Å². The van der Waals surface area contributed by atoms with Crippen molar-refractivity contribution in [2.24, 2.45) is 0 Å². The van der Waals surface area contributed by atoms with E-state index in [9.17, 15) is 9.59 Å². The van der Waals surface area contributed by atoms with Gasteiger partial charge in [-0.25, -0.2) is 4.68 Å². The molecule has 2 N–H and O–H groups in total. The minimum atomic E-state index is -0.288. The number of tetrazole rings is 1. The Morgan fingerprint density at radius 1 is 1.42 bits per heavy atom. The molecule has 3 heterocycles. The van der Waals surface area contributed by atoms with Gasteiger partial charge in [0, 0.05) is 11.8 Å². The lowest BCUT2D eigenvalue weighted by Gasteiger charge is -2.19. The summed E-state index contributed by atoms with van der Waals surface area (Å²) >= 11 is 1.55. The predicted molar refractivity (Wildman–Crippen MR) is 94.1 cm³/mol. The second kappa shape index (κ2) is 6.92. The Labute approximate surface area is 152 Å². The molecule has 0 aliphatic carbocycles. The van der Waals surface area contributed by atoms with Crippen LogP contribution >= 0.6 is 11.3 Å². The fourth-order valence-corrected chi connectivity index (χ4v) is 3.39. The van der Waals surface area contributed by atoms with Crippen LogP contribution < -0.4 is 15.4 Å². The minimum absolute atomic E-state index is 0.0378. The van der Waals surface area contributed by atoms with Crippen LogP contribution in [0.2, 0.25) is 0 Å². The molecule has 4 rings (SSSR count). The molecule has 0 spiro atoms. The second-order valence-corrected chi connectivity index (χ2v) is 6.44. The van der Waals surface area contributed by atoms with Crippen LogP contribution in [-0.4, -0.2) is 38.6 Å². The highest BCUT2D eigenvalue weighted by molar-refractivity contribution is 7.08. The van der Waals surface area contributed by atoms with Gasteiger partial charge in [-0.1, -0.05) is 0 Å². The van der Waals surface area contributed by atoms with Gasteiger partial charge in [0.15, 0.2) is 6.61 Å². The zero-order valence-corrected chi connectivity index (χ0v) is 14.3. The summed E-state index contributed by atoms with van der Waals surface area (Å²) in [6, 6.07) is 6.75. The number of benzene rings is 1. The summed E-state index contributed by atoms with van der Waals surface area (Å²) in [5, 5.41) is 20.7. The molecule has 1 atom stereocenters. The highest BCUT2D eigenvalue weighted by Crippen LogP contribution is 2.31. The molecule has 9 nitrogen and oxygen atoms in total. The number of anilines is 2. The van der Waals surface area contributed by atoms with Crippen molar-refractivity contribution in [2.75, 3.05) is 17.2 Å². The Morgan fingerprint density at radius 2 is 2.35 bits per heavy atom. The van der Waals surface area contributed by atoms with Gasteiger partial charge in [0.1, 0.15) is 12.1 Å². The molecule has 0 fully saturated rings. The number of thiophene rings is 1. The average molecular weight is 370 g/mol. The normalized spacial score (nSPS) is 14.1. The summed E-state index contributed by atoms with van der Waals surface area (Å²) in [5.41, 5.74) is 2.14. The predicted octanol–water partition coefficient (Wildman–Crippen LogP) is 1.68. The number of hydrogen-bond donors (Lipinski definition) is 2. The number of carbonyl (C=O) groups is 2. The number of fused-ring (bicyclic) bond motifs is 1. The number of amides is 2. The lowest BCUT2D eigenvalue weighted by Crippen LogP contribution is -2.25. The lowest BCUT2D eigenvalue weighted by molar-refractivity contribution is -0.119. The molecule has 0 saturated heterocycles. The van der Waals surface area contributed by atoms with E-state index in [1.165, 1.54) is 6.33 Å². The molecule has 2 aromatic heterocycles. The summed E-state index contributed by atoms with van der Waals surface area (Å²) in [4.78, 5) is 23.8. The zero-order valence-electron chi connectivity index (χ0n) is 13.5. The molecule has 1 aromatic carbocycles. The maximum absolute atomic E-state index is 12.5. The van der Waals surface area contributed by atoms with Gasteiger partial charge in [-0.2, -0.15) is 11.3 Å². The molecule has 0 radical (unpaired) electrons. The second-order valence-electron chi connectivity index (χ2n) is 5.66. The summed E-state index contributed by atoms with van der Waals surface area (Å²) in [5.74, 6) is 0.142. The molecular weight excluding hydrogens is 356 g/mol. The van der Waals surface area contributed by atoms with E-state index < -0.39 is 0 Å². The van der Waals surface area contributed by atoms with Crippen LogP contribution in [0.25, 0.3) is 0 Å². The van der Waals surface area contributed by atoms with E-state index in [-0.39, 0.29) is 30.9 Å². The fraction of sp³-hybridized carbons (Fsp3) is 0.188. The van der Waals surface area contributed by atoms with Gasteiger partial charge in [0.2, 0.25) is 5.91 Å². The Morgan fingerprint density at radius 3 is 3.12 bits per heavy atom. The third-order valence-electron chi connectivity index (χ3n) is 3.89. The summed E-state index contributed by atoms with van der Waals surface area (Å²) in [6.07, 6.45) is 1.67. The van der Waals surface area contributed by atoms with Gasteiger partial charge in [0.25, 0.3) is 5.91 Å². The van der Waals surface area contributed by atoms with Crippen molar-refractivity contribution in [3.8, 4) is 5.75 Å². The van der Waals surface area contributed by atoms with Crippen LogP contribution in [0.1, 0.15) is 18.0 Å². The van der Waals surface area contributed by atoms with Crippen LogP contribution in [0, 0.1) is 0 Å². The van der Waals surface area contributed by atoms with Crippen molar-refractivity contribution < 1.29 is 14.3 Å². The fourth-order valence-electron chi connectivity index (χ4n) is 2.68. The quantitative estimate of drug-likeness (QED) is 0.707. The molecule has 26 heavy (non-hydrogen) atoms. The van der Waals surface area contributed by atoms with Gasteiger partial charge in [-0.05, 0) is 44.9 Å². The number of hydrogen-bond acceptors (Lipinski definition) is 7. The van der Waals surface area contributed by atoms with E-state index in [0.717, 1.165) is 5.56 Å². The minimum Gasteiger partial charge on any atom is -0.482 e. The van der Waals surface area contributed by atoms with Gasteiger partial charge in [-0.15, -0.1) is 5.10 Å². The third kappa shape index (κ3) is 3.40. The Hall–Kier alpha value is -3.27. The van der Waals surface area contributed by atoms with Gasteiger partial charge in [0.05, 0.1) is 18.2 Å². The summed E-state index contributed by atoms with van der Waals surface area (Å²) < 4.78 is 6.93. The van der Waals surface area contributed by atoms with E-state index in [0.29, 0.717) is 17.1 Å². The van der Waals surface area contributed by atoms with E-state index in [4.69, 9.17) is 4.74 Å². The van der Waals surface area contributed by atoms with Crippen molar-refractivity contribution in [3.63, 3.8) is 0 Å². The maximum atomic E-state index is 12.5. The highest BCUT2D eigenvalue weighted by atomic mass is 32.1. The first-order valence-corrected chi connectivity index (χ1v) is 8.74. The number of aromatic nitrogens is 4. The van der Waals surface area contributed by atoms with Crippen LogP contribution in [0.5, 0.6) is 5.75 Å². The highest BCUT2D eigenvalue weighted by Gasteiger charge is 2.21. The van der Waals surface area contributed by atoms with E-state index >= 15 is 0 Å². The maximum Gasteiger partial charge on any atom is 0.262 e. The molecular formula is C16H14N6O3S. The molecule has 10 heteroatoms. The van der Waals surface area contributed by atoms with E-state index in [1.54, 1.807) is 34.2 Å². The van der Waals surface area contributed by atoms with Gasteiger partial charge >= 0.3 is 0 Å². The SMILES string of the molecule is O=C(CC(c1ccsc1)n1cnnn1)Nc1ccc2c(c1)OCC(=O)N2. The van der Waals surface area contributed by atoms with Gasteiger partial charge < -0.3 is 15.4 Å². The average Bonchev–Trinajstić information content (AvgIpc) is 3.34. The molecule has 2 amide bonds. The van der Waals surface area contributed by atoms with Crippen molar-refractivity contribution in [1.29, 1.82) is 0 Å². The molecule has 1 unspecified atom stereocenters. The van der Waals surface area contributed by atoms with Crippen LogP contribution in [0.4, 0.5) is 11.4 Å².